The van der Waals surface area contributed by atoms with Crippen molar-refractivity contribution in [3.63, 3.8) is 0 Å². The lowest BCUT2D eigenvalue weighted by molar-refractivity contribution is 0.0313. The van der Waals surface area contributed by atoms with Crippen LogP contribution in [-0.4, -0.2) is 32.6 Å². The summed E-state index contributed by atoms with van der Waals surface area (Å²) in [7, 11) is 0. The maximum atomic E-state index is 13.1. The van der Waals surface area contributed by atoms with Gasteiger partial charge in [0.25, 0.3) is 5.56 Å². The second-order valence-electron chi connectivity index (χ2n) is 7.10. The molecule has 30 heavy (non-hydrogen) atoms. The molecule has 4 aromatic rings. The average Bonchev–Trinajstić information content (AvgIpc) is 3.09. The minimum Gasteiger partial charge on any atom is -0.449 e. The first-order valence-electron chi connectivity index (χ1n) is 9.74. The van der Waals surface area contributed by atoms with Crippen LogP contribution in [0.15, 0.2) is 53.3 Å². The number of aromatic amines is 1. The Labute approximate surface area is 172 Å². The number of benzene rings is 2. The maximum Gasteiger partial charge on any atom is 0.360 e. The molecule has 0 radical (unpaired) electrons. The summed E-state index contributed by atoms with van der Waals surface area (Å²) in [6, 6.07) is 14.2. The number of nitrogens with one attached hydrogen (secondary N) is 1. The summed E-state index contributed by atoms with van der Waals surface area (Å²) in [4.78, 5) is 41.6. The summed E-state index contributed by atoms with van der Waals surface area (Å²) >= 11 is 0. The number of esters is 1. The summed E-state index contributed by atoms with van der Waals surface area (Å²) in [5, 5.41) is 5.74. The Hall–Kier alpha value is -3.74. The second kappa shape index (κ2) is 7.59. The number of aromatic nitrogens is 3. The molecule has 0 fully saturated rings. The van der Waals surface area contributed by atoms with Crippen LogP contribution in [0.4, 0.5) is 0 Å². The molecule has 0 amide bonds. The molecule has 0 saturated carbocycles. The average molecular weight is 403 g/mol. The first-order chi connectivity index (χ1) is 14.4. The highest BCUT2D eigenvalue weighted by atomic mass is 16.5. The van der Waals surface area contributed by atoms with Crippen LogP contribution in [0.3, 0.4) is 0 Å². The molecule has 1 N–H and O–H groups in total. The molecular formula is C23H21N3O4. The molecule has 0 aliphatic carbocycles. The lowest BCUT2D eigenvalue weighted by Crippen LogP contribution is -2.29. The molecule has 0 aliphatic rings. The summed E-state index contributed by atoms with van der Waals surface area (Å²) in [6.45, 7) is 5.44. The van der Waals surface area contributed by atoms with Crippen LogP contribution >= 0.6 is 0 Å². The Balaban J connectivity index is 1.69. The molecule has 2 aromatic heterocycles. The van der Waals surface area contributed by atoms with Crippen LogP contribution in [0.5, 0.6) is 0 Å². The summed E-state index contributed by atoms with van der Waals surface area (Å²) in [6.07, 6.45) is -1.02. The fourth-order valence-corrected chi connectivity index (χ4v) is 3.67. The van der Waals surface area contributed by atoms with Crippen molar-refractivity contribution in [2.45, 2.75) is 33.4 Å². The first kappa shape index (κ1) is 19.6. The highest BCUT2D eigenvalue weighted by molar-refractivity contribution is 6.12. The van der Waals surface area contributed by atoms with Crippen molar-refractivity contribution in [3.05, 3.63) is 75.8 Å². The fourth-order valence-electron chi connectivity index (χ4n) is 3.67. The van der Waals surface area contributed by atoms with E-state index in [-0.39, 0.29) is 17.0 Å². The molecule has 7 nitrogen and oxygen atoms in total. The Kier molecular flexibility index (Phi) is 4.95. The number of nitrogens with zero attached hydrogens (tertiary/aromatic N) is 2. The van der Waals surface area contributed by atoms with Crippen molar-refractivity contribution >= 4 is 33.4 Å². The van der Waals surface area contributed by atoms with Gasteiger partial charge in [-0.15, -0.1) is 0 Å². The van der Waals surface area contributed by atoms with Gasteiger partial charge >= 0.3 is 5.97 Å². The van der Waals surface area contributed by atoms with E-state index >= 15 is 0 Å². The van der Waals surface area contributed by atoms with E-state index in [1.165, 1.54) is 4.68 Å². The van der Waals surface area contributed by atoms with Crippen LogP contribution in [0.1, 0.15) is 40.4 Å². The third-order valence-electron chi connectivity index (χ3n) is 5.15. The summed E-state index contributed by atoms with van der Waals surface area (Å²) in [5.41, 5.74) is 1.81. The highest BCUT2D eigenvalue weighted by Crippen LogP contribution is 2.24. The maximum absolute atomic E-state index is 13.1. The van der Waals surface area contributed by atoms with Gasteiger partial charge in [0.15, 0.2) is 11.8 Å². The molecule has 0 unspecified atom stereocenters. The molecule has 4 rings (SSSR count). The van der Waals surface area contributed by atoms with Crippen molar-refractivity contribution in [3.8, 4) is 0 Å². The van der Waals surface area contributed by atoms with E-state index < -0.39 is 12.1 Å². The van der Waals surface area contributed by atoms with Gasteiger partial charge < -0.3 is 9.72 Å². The molecule has 0 aliphatic heterocycles. The Morgan fingerprint density at radius 3 is 2.40 bits per heavy atom. The number of carbonyl (C=O) groups excluding carboxylic acids is 2. The van der Waals surface area contributed by atoms with Gasteiger partial charge in [0.2, 0.25) is 5.78 Å². The monoisotopic (exact) mass is 403 g/mol. The number of hydrogen-bond acceptors (Lipinski definition) is 5. The number of H-pyrrole nitrogens is 1. The van der Waals surface area contributed by atoms with E-state index in [1.54, 1.807) is 38.1 Å². The van der Waals surface area contributed by atoms with Crippen molar-refractivity contribution in [2.75, 3.05) is 0 Å². The number of hydrogen-bond donors (Lipinski definition) is 1. The molecule has 1 atom stereocenters. The topological polar surface area (TPSA) is 94.1 Å². The van der Waals surface area contributed by atoms with E-state index in [0.717, 1.165) is 10.9 Å². The van der Waals surface area contributed by atoms with E-state index in [4.69, 9.17) is 4.74 Å². The van der Waals surface area contributed by atoms with Crippen LogP contribution in [0.25, 0.3) is 21.7 Å². The van der Waals surface area contributed by atoms with Gasteiger partial charge in [0, 0.05) is 34.1 Å². The van der Waals surface area contributed by atoms with Crippen molar-refractivity contribution in [1.29, 1.82) is 0 Å². The number of aryl methyl sites for hydroxylation is 2. The molecule has 2 heterocycles. The lowest BCUT2D eigenvalue weighted by atomic mass is 10.0. The van der Waals surface area contributed by atoms with Crippen LogP contribution in [0.2, 0.25) is 0 Å². The number of ketones is 1. The molecule has 7 heteroatoms. The standard InChI is InChI=1S/C23H21N3O4/c1-4-26-22(28)16-10-6-5-9-15(16)20(25-26)23(29)30-14(3)21(27)19-13(2)24-18-12-8-7-11-17(18)19/h5-12,14,24H,4H2,1-3H3/t14-/m0/s1. The lowest BCUT2D eigenvalue weighted by Gasteiger charge is -2.14. The molecule has 0 bridgehead atoms. The predicted octanol–water partition coefficient (Wildman–Crippen LogP) is 3.63. The van der Waals surface area contributed by atoms with E-state index in [0.29, 0.717) is 28.6 Å². The number of carbonyl (C=O) groups is 2. The summed E-state index contributed by atoms with van der Waals surface area (Å²) in [5.74, 6) is -1.04. The third-order valence-corrected chi connectivity index (χ3v) is 5.15. The van der Waals surface area contributed by atoms with Crippen LogP contribution < -0.4 is 5.56 Å². The molecule has 152 valence electrons. The Morgan fingerprint density at radius 2 is 1.70 bits per heavy atom. The quantitative estimate of drug-likeness (QED) is 0.406. The molecule has 0 saturated heterocycles. The van der Waals surface area contributed by atoms with Gasteiger partial charge in [-0.1, -0.05) is 36.4 Å². The second-order valence-corrected chi connectivity index (χ2v) is 7.10. The zero-order valence-corrected chi connectivity index (χ0v) is 16.9. The number of rotatable bonds is 5. The Bertz CT molecular complexity index is 1350. The van der Waals surface area contributed by atoms with Gasteiger partial charge in [-0.2, -0.15) is 5.10 Å². The number of para-hydroxylation sites is 1. The normalized spacial score (nSPS) is 12.2. The highest BCUT2D eigenvalue weighted by Gasteiger charge is 2.26. The van der Waals surface area contributed by atoms with Gasteiger partial charge in [0.05, 0.1) is 5.39 Å². The third kappa shape index (κ3) is 3.18. The largest absolute Gasteiger partial charge is 0.449 e. The van der Waals surface area contributed by atoms with Crippen molar-refractivity contribution < 1.29 is 14.3 Å². The van der Waals surface area contributed by atoms with Crippen molar-refractivity contribution in [1.82, 2.24) is 14.8 Å². The first-order valence-corrected chi connectivity index (χ1v) is 9.74. The van der Waals surface area contributed by atoms with Crippen LogP contribution in [0, 0.1) is 6.92 Å². The van der Waals surface area contributed by atoms with Gasteiger partial charge in [-0.3, -0.25) is 9.59 Å². The molecule has 0 spiro atoms. The van der Waals surface area contributed by atoms with E-state index in [1.807, 2.05) is 31.2 Å². The fraction of sp³-hybridized carbons (Fsp3) is 0.217. The smallest absolute Gasteiger partial charge is 0.360 e. The molecular weight excluding hydrogens is 382 g/mol. The number of ether oxygens (including phenoxy) is 1. The zero-order chi connectivity index (χ0) is 21.4. The SMILES string of the molecule is CCn1nc(C(=O)O[C@@H](C)C(=O)c2c(C)[nH]c3ccccc23)c2ccccc2c1=O. The number of fused-ring (bicyclic) bond motifs is 2. The Morgan fingerprint density at radius 1 is 1.07 bits per heavy atom. The van der Waals surface area contributed by atoms with Crippen LogP contribution in [-0.2, 0) is 11.3 Å². The minimum atomic E-state index is -1.02. The number of Topliss-reactive ketones (excluding diaryl/α,β-unsaturated/α-hetero) is 1. The molecule has 2 aromatic carbocycles. The summed E-state index contributed by atoms with van der Waals surface area (Å²) < 4.78 is 6.71. The minimum absolute atomic E-state index is 0.0161. The zero-order valence-electron chi connectivity index (χ0n) is 16.9. The van der Waals surface area contributed by atoms with E-state index in [2.05, 4.69) is 10.1 Å². The van der Waals surface area contributed by atoms with Gasteiger partial charge in [-0.25, -0.2) is 9.48 Å². The van der Waals surface area contributed by atoms with Crippen molar-refractivity contribution in [2.24, 2.45) is 0 Å². The predicted molar refractivity (Wildman–Crippen MR) is 114 cm³/mol. The van der Waals surface area contributed by atoms with Gasteiger partial charge in [-0.05, 0) is 32.9 Å². The van der Waals surface area contributed by atoms with E-state index in [9.17, 15) is 14.4 Å². The van der Waals surface area contributed by atoms with Gasteiger partial charge in [0.1, 0.15) is 0 Å².